The highest BCUT2D eigenvalue weighted by atomic mass is 16.7. The summed E-state index contributed by atoms with van der Waals surface area (Å²) in [6.07, 6.45) is -0.588. The topological polar surface area (TPSA) is 35.5 Å². The van der Waals surface area contributed by atoms with Gasteiger partial charge in [-0.2, -0.15) is 0 Å². The molecule has 0 saturated heterocycles. The van der Waals surface area contributed by atoms with Gasteiger partial charge in [0.2, 0.25) is 0 Å². The molecule has 52 valence electrons. The van der Waals surface area contributed by atoms with Crippen molar-refractivity contribution in [2.75, 3.05) is 13.2 Å². The van der Waals surface area contributed by atoms with Gasteiger partial charge in [-0.25, -0.2) is 4.79 Å². The van der Waals surface area contributed by atoms with Gasteiger partial charge in [0.1, 0.15) is 0 Å². The normalized spacial score (nSPS) is 7.33. The molecule has 0 aromatic carbocycles. The third-order valence-electron chi connectivity index (χ3n) is 0.524. The lowest BCUT2D eigenvalue weighted by molar-refractivity contribution is 0.0630. The zero-order valence-corrected chi connectivity index (χ0v) is 5.64. The Morgan fingerprint density at radius 1 is 1.22 bits per heavy atom. The van der Waals surface area contributed by atoms with Gasteiger partial charge in [0, 0.05) is 7.43 Å². The molecule has 9 heavy (non-hydrogen) atoms. The summed E-state index contributed by atoms with van der Waals surface area (Å²) < 4.78 is 8.84. The van der Waals surface area contributed by atoms with E-state index in [0.717, 1.165) is 0 Å². The number of carbonyl (C=O) groups is 1. The highest BCUT2D eigenvalue weighted by molar-refractivity contribution is 5.59. The molecule has 0 bridgehead atoms. The molecule has 0 atom stereocenters. The molecule has 0 amide bonds. The van der Waals surface area contributed by atoms with Gasteiger partial charge in [-0.15, -0.1) is 0 Å². The van der Waals surface area contributed by atoms with Gasteiger partial charge in [-0.3, -0.25) is 0 Å². The maximum Gasteiger partial charge on any atom is 0.508 e. The molecule has 0 unspecified atom stereocenters. The van der Waals surface area contributed by atoms with Gasteiger partial charge >= 0.3 is 6.16 Å². The van der Waals surface area contributed by atoms with Gasteiger partial charge in [0.25, 0.3) is 0 Å². The standard InChI is InChI=1S/C5H10O3.C/c1-3-7-5(6)8-4-2;/h3-4H2,1-2H3;. The number of carbonyl (C=O) groups excluding carboxylic acids is 1. The van der Waals surface area contributed by atoms with Crippen molar-refractivity contribution >= 4 is 6.16 Å². The lowest BCUT2D eigenvalue weighted by Crippen LogP contribution is -2.05. The van der Waals surface area contributed by atoms with E-state index in [4.69, 9.17) is 0 Å². The van der Waals surface area contributed by atoms with Gasteiger partial charge in [-0.1, -0.05) is 0 Å². The Bertz CT molecular complexity index is 62.7. The molecule has 3 nitrogen and oxygen atoms in total. The zero-order chi connectivity index (χ0) is 6.41. The highest BCUT2D eigenvalue weighted by Crippen LogP contribution is 1.81. The summed E-state index contributed by atoms with van der Waals surface area (Å²) in [7, 11) is 0. The Hall–Kier alpha value is -0.730. The molecule has 0 fully saturated rings. The first kappa shape index (κ1) is 11.1. The van der Waals surface area contributed by atoms with E-state index in [0.29, 0.717) is 13.2 Å². The molecule has 0 rings (SSSR count). The van der Waals surface area contributed by atoms with E-state index >= 15 is 0 Å². The smallest absolute Gasteiger partial charge is 0.435 e. The van der Waals surface area contributed by atoms with Gasteiger partial charge in [0.05, 0.1) is 13.2 Å². The van der Waals surface area contributed by atoms with Crippen LogP contribution in [-0.4, -0.2) is 19.4 Å². The van der Waals surface area contributed by atoms with E-state index in [1.807, 2.05) is 0 Å². The fourth-order valence-electron chi connectivity index (χ4n) is 0.277. The van der Waals surface area contributed by atoms with Crippen LogP contribution in [0, 0.1) is 7.43 Å². The van der Waals surface area contributed by atoms with Crippen molar-refractivity contribution in [1.29, 1.82) is 0 Å². The number of hydrogen-bond acceptors (Lipinski definition) is 3. The minimum atomic E-state index is -0.588. The number of ether oxygens (including phenoxy) is 2. The van der Waals surface area contributed by atoms with Crippen molar-refractivity contribution in [2.24, 2.45) is 0 Å². The van der Waals surface area contributed by atoms with E-state index < -0.39 is 6.16 Å². The second kappa shape index (κ2) is 7.27. The van der Waals surface area contributed by atoms with Crippen LogP contribution in [0.25, 0.3) is 0 Å². The largest absolute Gasteiger partial charge is 0.508 e. The van der Waals surface area contributed by atoms with Crippen LogP contribution in [0.2, 0.25) is 0 Å². The molecule has 0 saturated carbocycles. The van der Waals surface area contributed by atoms with E-state index in [1.54, 1.807) is 13.8 Å². The molecule has 3 heteroatoms. The van der Waals surface area contributed by atoms with Gasteiger partial charge in [-0.05, 0) is 13.8 Å². The minimum absolute atomic E-state index is 0. The SMILES string of the molecule is CCOC(=O)OCC.[C]. The summed E-state index contributed by atoms with van der Waals surface area (Å²) in [5.41, 5.74) is 0. The summed E-state index contributed by atoms with van der Waals surface area (Å²) >= 11 is 0. The fourth-order valence-corrected chi connectivity index (χ4v) is 0.277. The molecule has 0 heterocycles. The molecule has 0 aromatic heterocycles. The Balaban J connectivity index is 0. The number of hydrogen-bond donors (Lipinski definition) is 0. The summed E-state index contributed by atoms with van der Waals surface area (Å²) in [4.78, 5) is 10.2. The van der Waals surface area contributed by atoms with E-state index in [1.165, 1.54) is 0 Å². The predicted molar refractivity (Wildman–Crippen MR) is 31.9 cm³/mol. The van der Waals surface area contributed by atoms with Crippen molar-refractivity contribution in [3.05, 3.63) is 7.43 Å². The maximum absolute atomic E-state index is 10.2. The molecular weight excluding hydrogens is 120 g/mol. The van der Waals surface area contributed by atoms with Crippen LogP contribution < -0.4 is 0 Å². The predicted octanol–water partition coefficient (Wildman–Crippen LogP) is 1.26. The first-order valence-electron chi connectivity index (χ1n) is 2.60. The molecule has 0 N–H and O–H groups in total. The third-order valence-corrected chi connectivity index (χ3v) is 0.524. The van der Waals surface area contributed by atoms with E-state index in [9.17, 15) is 4.79 Å². The van der Waals surface area contributed by atoms with Crippen LogP contribution in [0.4, 0.5) is 4.79 Å². The monoisotopic (exact) mass is 130 g/mol. The Morgan fingerprint density at radius 3 is 1.78 bits per heavy atom. The molecule has 0 aliphatic rings. The first-order chi connectivity index (χ1) is 3.81. The average Bonchev–Trinajstić information content (AvgIpc) is 1.68. The molecular formula is C6H10O3. The van der Waals surface area contributed by atoms with Crippen LogP contribution in [0.15, 0.2) is 0 Å². The van der Waals surface area contributed by atoms with Gasteiger partial charge < -0.3 is 9.47 Å². The van der Waals surface area contributed by atoms with Crippen LogP contribution in [-0.2, 0) is 9.47 Å². The minimum Gasteiger partial charge on any atom is -0.435 e. The second-order valence-corrected chi connectivity index (χ2v) is 1.12. The van der Waals surface area contributed by atoms with Gasteiger partial charge in [0.15, 0.2) is 0 Å². The Labute approximate surface area is 56.0 Å². The van der Waals surface area contributed by atoms with Crippen molar-refractivity contribution in [3.8, 4) is 0 Å². The van der Waals surface area contributed by atoms with Crippen molar-refractivity contribution in [1.82, 2.24) is 0 Å². The summed E-state index contributed by atoms with van der Waals surface area (Å²) in [6.45, 7) is 4.21. The van der Waals surface area contributed by atoms with E-state index in [2.05, 4.69) is 9.47 Å². The Kier molecular flexibility index (Phi) is 8.98. The molecule has 0 aliphatic heterocycles. The van der Waals surface area contributed by atoms with Crippen LogP contribution in [0.1, 0.15) is 13.8 Å². The lowest BCUT2D eigenvalue weighted by Gasteiger charge is -1.98. The zero-order valence-electron chi connectivity index (χ0n) is 5.64. The molecule has 0 aliphatic carbocycles. The maximum atomic E-state index is 10.2. The van der Waals surface area contributed by atoms with E-state index in [-0.39, 0.29) is 7.43 Å². The van der Waals surface area contributed by atoms with Crippen LogP contribution in [0.3, 0.4) is 0 Å². The first-order valence-corrected chi connectivity index (χ1v) is 2.60. The van der Waals surface area contributed by atoms with Crippen molar-refractivity contribution < 1.29 is 14.3 Å². The summed E-state index contributed by atoms with van der Waals surface area (Å²) in [5.74, 6) is 0. The number of rotatable bonds is 2. The molecule has 4 radical (unpaired) electrons. The lowest BCUT2D eigenvalue weighted by atomic mass is 10.8. The fraction of sp³-hybridized carbons (Fsp3) is 0.667. The van der Waals surface area contributed by atoms with Crippen LogP contribution >= 0.6 is 0 Å². The molecule has 0 aromatic rings. The third kappa shape index (κ3) is 7.27. The Morgan fingerprint density at radius 2 is 1.56 bits per heavy atom. The van der Waals surface area contributed by atoms with Crippen molar-refractivity contribution in [3.63, 3.8) is 0 Å². The van der Waals surface area contributed by atoms with Crippen LogP contribution in [0.5, 0.6) is 0 Å². The van der Waals surface area contributed by atoms with Crippen molar-refractivity contribution in [2.45, 2.75) is 13.8 Å². The molecule has 0 spiro atoms. The highest BCUT2D eigenvalue weighted by Gasteiger charge is 1.96. The second-order valence-electron chi connectivity index (χ2n) is 1.12. The quantitative estimate of drug-likeness (QED) is 0.528. The summed E-state index contributed by atoms with van der Waals surface area (Å²) in [6, 6.07) is 0. The average molecular weight is 130 g/mol. The summed E-state index contributed by atoms with van der Waals surface area (Å²) in [5, 5.41) is 0.